The highest BCUT2D eigenvalue weighted by atomic mass is 28.3. The molecule has 0 aliphatic carbocycles. The molecule has 1 atom stereocenters. The molecule has 0 aromatic carbocycles. The van der Waals surface area contributed by atoms with Gasteiger partial charge < -0.3 is 9.64 Å². The first-order valence-electron chi connectivity index (χ1n) is 4.81. The van der Waals surface area contributed by atoms with E-state index in [-0.39, 0.29) is 0 Å². The van der Waals surface area contributed by atoms with Crippen LogP contribution < -0.4 is 0 Å². The quantitative estimate of drug-likeness (QED) is 0.609. The van der Waals surface area contributed by atoms with Crippen molar-refractivity contribution in [3.63, 3.8) is 0 Å². The first kappa shape index (κ1) is 10.2. The molecule has 0 spiro atoms. The van der Waals surface area contributed by atoms with Crippen LogP contribution in [-0.4, -0.2) is 44.9 Å². The second kappa shape index (κ2) is 3.90. The van der Waals surface area contributed by atoms with Crippen molar-refractivity contribution in [3.8, 4) is 0 Å². The van der Waals surface area contributed by atoms with E-state index in [1.54, 1.807) is 0 Å². The predicted octanol–water partition coefficient (Wildman–Crippen LogP) is 1.58. The summed E-state index contributed by atoms with van der Waals surface area (Å²) in [4.78, 5) is 2.56. The van der Waals surface area contributed by atoms with E-state index in [9.17, 15) is 0 Å². The summed E-state index contributed by atoms with van der Waals surface area (Å²) in [5.74, 6) is 0. The molecule has 3 heteroatoms. The molecular formula is C9H21NOSi. The number of nitrogens with zero attached hydrogens (tertiary/aromatic N) is 1. The van der Waals surface area contributed by atoms with Crippen LogP contribution in [-0.2, 0) is 4.74 Å². The monoisotopic (exact) mass is 187 g/mol. The molecule has 12 heavy (non-hydrogen) atoms. The van der Waals surface area contributed by atoms with Crippen molar-refractivity contribution in [1.82, 2.24) is 4.90 Å². The molecule has 72 valence electrons. The van der Waals surface area contributed by atoms with E-state index in [1.165, 1.54) is 6.17 Å². The zero-order valence-corrected chi connectivity index (χ0v) is 9.76. The zero-order chi connectivity index (χ0) is 9.19. The Bertz CT molecular complexity index is 144. The van der Waals surface area contributed by atoms with E-state index in [1.807, 2.05) is 0 Å². The summed E-state index contributed by atoms with van der Waals surface area (Å²) in [7, 11) is -0.904. The SMILES string of the molecule is CC1CN(C[Si](C)(C)C)CCO1. The number of hydrogen-bond donors (Lipinski definition) is 0. The van der Waals surface area contributed by atoms with Gasteiger partial charge in [-0.25, -0.2) is 0 Å². The molecule has 1 fully saturated rings. The van der Waals surface area contributed by atoms with Crippen LogP contribution in [0.5, 0.6) is 0 Å². The fourth-order valence-electron chi connectivity index (χ4n) is 1.71. The molecule has 1 unspecified atom stereocenters. The number of morpholine rings is 1. The molecule has 1 aliphatic heterocycles. The molecule has 0 aromatic rings. The van der Waals surface area contributed by atoms with Gasteiger partial charge >= 0.3 is 0 Å². The molecular weight excluding hydrogens is 166 g/mol. The molecule has 0 aromatic heterocycles. The van der Waals surface area contributed by atoms with Crippen molar-refractivity contribution in [2.24, 2.45) is 0 Å². The average Bonchev–Trinajstić information content (AvgIpc) is 1.82. The van der Waals surface area contributed by atoms with Gasteiger partial charge in [0.15, 0.2) is 0 Å². The van der Waals surface area contributed by atoms with Crippen LogP contribution in [0.1, 0.15) is 6.92 Å². The van der Waals surface area contributed by atoms with Crippen LogP contribution in [0.3, 0.4) is 0 Å². The maximum Gasteiger partial charge on any atom is 0.0674 e. The zero-order valence-electron chi connectivity index (χ0n) is 8.76. The summed E-state index contributed by atoms with van der Waals surface area (Å²) in [5, 5.41) is 0. The largest absolute Gasteiger partial charge is 0.376 e. The van der Waals surface area contributed by atoms with Crippen LogP contribution in [0.2, 0.25) is 19.6 Å². The highest BCUT2D eigenvalue weighted by Gasteiger charge is 2.22. The third kappa shape index (κ3) is 3.69. The van der Waals surface area contributed by atoms with Gasteiger partial charge in [0.2, 0.25) is 0 Å². The lowest BCUT2D eigenvalue weighted by atomic mass is 10.3. The lowest BCUT2D eigenvalue weighted by molar-refractivity contribution is -0.0123. The summed E-state index contributed by atoms with van der Waals surface area (Å²) >= 11 is 0. The maximum absolute atomic E-state index is 5.50. The van der Waals surface area contributed by atoms with Crippen molar-refractivity contribution >= 4 is 8.07 Å². The summed E-state index contributed by atoms with van der Waals surface area (Å²) in [5.41, 5.74) is 0. The standard InChI is InChI=1S/C9H21NOSi/c1-9-7-10(5-6-11-9)8-12(2,3)4/h9H,5-8H2,1-4H3. The van der Waals surface area contributed by atoms with E-state index in [0.717, 1.165) is 19.7 Å². The van der Waals surface area contributed by atoms with Crippen molar-refractivity contribution in [3.05, 3.63) is 0 Å². The molecule has 0 saturated carbocycles. The van der Waals surface area contributed by atoms with E-state index in [4.69, 9.17) is 4.74 Å². The third-order valence-electron chi connectivity index (χ3n) is 2.02. The van der Waals surface area contributed by atoms with Crippen LogP contribution in [0.4, 0.5) is 0 Å². The fraction of sp³-hybridized carbons (Fsp3) is 1.00. The van der Waals surface area contributed by atoms with Gasteiger partial charge in [0.05, 0.1) is 20.8 Å². The first-order chi connectivity index (χ1) is 5.47. The van der Waals surface area contributed by atoms with Crippen molar-refractivity contribution in [1.29, 1.82) is 0 Å². The van der Waals surface area contributed by atoms with Gasteiger partial charge in [-0.3, -0.25) is 0 Å². The van der Waals surface area contributed by atoms with Crippen LogP contribution in [0, 0.1) is 0 Å². The Morgan fingerprint density at radius 3 is 2.58 bits per heavy atom. The van der Waals surface area contributed by atoms with Gasteiger partial charge in [0.1, 0.15) is 0 Å². The van der Waals surface area contributed by atoms with Gasteiger partial charge in [-0.15, -0.1) is 0 Å². The minimum absolute atomic E-state index is 0.440. The number of hydrogen-bond acceptors (Lipinski definition) is 2. The first-order valence-corrected chi connectivity index (χ1v) is 8.52. The molecule has 0 radical (unpaired) electrons. The predicted molar refractivity (Wildman–Crippen MR) is 55.2 cm³/mol. The second-order valence-electron chi connectivity index (χ2n) is 4.98. The van der Waals surface area contributed by atoms with Gasteiger partial charge in [0, 0.05) is 13.1 Å². The summed E-state index contributed by atoms with van der Waals surface area (Å²) in [6, 6.07) is 0. The lowest BCUT2D eigenvalue weighted by Crippen LogP contribution is -2.48. The normalized spacial score (nSPS) is 27.5. The highest BCUT2D eigenvalue weighted by Crippen LogP contribution is 2.09. The molecule has 0 bridgehead atoms. The Labute approximate surface area is 76.9 Å². The Kier molecular flexibility index (Phi) is 3.32. The van der Waals surface area contributed by atoms with Crippen LogP contribution >= 0.6 is 0 Å². The number of ether oxygens (including phenoxy) is 1. The smallest absolute Gasteiger partial charge is 0.0674 e. The van der Waals surface area contributed by atoms with Gasteiger partial charge in [-0.05, 0) is 13.1 Å². The summed E-state index contributed by atoms with van der Waals surface area (Å²) in [6.45, 7) is 12.6. The Balaban J connectivity index is 2.32. The van der Waals surface area contributed by atoms with E-state index >= 15 is 0 Å². The minimum atomic E-state index is -0.904. The van der Waals surface area contributed by atoms with Crippen LogP contribution in [0.15, 0.2) is 0 Å². The van der Waals surface area contributed by atoms with Crippen molar-refractivity contribution < 1.29 is 4.74 Å². The molecule has 1 aliphatic rings. The minimum Gasteiger partial charge on any atom is -0.376 e. The van der Waals surface area contributed by atoms with Crippen molar-refractivity contribution in [2.45, 2.75) is 32.7 Å². The molecule has 1 rings (SSSR count). The average molecular weight is 187 g/mol. The highest BCUT2D eigenvalue weighted by molar-refractivity contribution is 6.76. The molecule has 0 N–H and O–H groups in total. The fourth-order valence-corrected chi connectivity index (χ4v) is 3.33. The Hall–Kier alpha value is 0.137. The van der Waals surface area contributed by atoms with E-state index in [2.05, 4.69) is 31.5 Å². The van der Waals surface area contributed by atoms with E-state index < -0.39 is 8.07 Å². The lowest BCUT2D eigenvalue weighted by Gasteiger charge is -2.34. The Morgan fingerprint density at radius 1 is 1.42 bits per heavy atom. The van der Waals surface area contributed by atoms with E-state index in [0.29, 0.717) is 6.10 Å². The third-order valence-corrected chi connectivity index (χ3v) is 3.42. The second-order valence-corrected chi connectivity index (χ2v) is 10.4. The van der Waals surface area contributed by atoms with Gasteiger partial charge in [-0.1, -0.05) is 19.6 Å². The molecule has 1 saturated heterocycles. The molecule has 0 amide bonds. The Morgan fingerprint density at radius 2 is 2.08 bits per heavy atom. The van der Waals surface area contributed by atoms with Crippen molar-refractivity contribution in [2.75, 3.05) is 25.9 Å². The maximum atomic E-state index is 5.50. The molecule has 1 heterocycles. The topological polar surface area (TPSA) is 12.5 Å². The van der Waals surface area contributed by atoms with Crippen LogP contribution in [0.25, 0.3) is 0 Å². The van der Waals surface area contributed by atoms with Gasteiger partial charge in [0.25, 0.3) is 0 Å². The summed E-state index contributed by atoms with van der Waals surface area (Å²) in [6.07, 6.45) is 1.76. The number of rotatable bonds is 2. The van der Waals surface area contributed by atoms with Gasteiger partial charge in [-0.2, -0.15) is 0 Å². The molecule has 2 nitrogen and oxygen atoms in total. The summed E-state index contributed by atoms with van der Waals surface area (Å²) < 4.78 is 5.50.